The summed E-state index contributed by atoms with van der Waals surface area (Å²) in [5, 5.41) is 11.5. The van der Waals surface area contributed by atoms with Crippen molar-refractivity contribution < 1.29 is 0 Å². The van der Waals surface area contributed by atoms with Crippen LogP contribution in [-0.2, 0) is 0 Å². The van der Waals surface area contributed by atoms with Crippen molar-refractivity contribution in [3.05, 3.63) is 34.0 Å². The van der Waals surface area contributed by atoms with Gasteiger partial charge in [-0.3, -0.25) is 0 Å². The van der Waals surface area contributed by atoms with E-state index in [1.54, 1.807) is 10.7 Å². The van der Waals surface area contributed by atoms with Crippen LogP contribution in [0.25, 0.3) is 5.69 Å². The molecule has 0 radical (unpaired) electrons. The Bertz CT molecular complexity index is 414. The molecular formula is C7H4BrClN4. The van der Waals surface area contributed by atoms with E-state index in [9.17, 15) is 0 Å². The van der Waals surface area contributed by atoms with E-state index in [0.29, 0.717) is 5.02 Å². The van der Waals surface area contributed by atoms with Gasteiger partial charge in [0.25, 0.3) is 0 Å². The molecule has 1 aromatic heterocycles. The van der Waals surface area contributed by atoms with Crippen molar-refractivity contribution in [2.24, 2.45) is 0 Å². The van der Waals surface area contributed by atoms with Crippen molar-refractivity contribution in [2.75, 3.05) is 0 Å². The van der Waals surface area contributed by atoms with Gasteiger partial charge in [-0.2, -0.15) is 0 Å². The molecule has 0 atom stereocenters. The number of halogens is 2. The quantitative estimate of drug-likeness (QED) is 0.787. The first-order valence-electron chi connectivity index (χ1n) is 3.46. The highest BCUT2D eigenvalue weighted by Crippen LogP contribution is 2.24. The highest BCUT2D eigenvalue weighted by atomic mass is 79.9. The van der Waals surface area contributed by atoms with Gasteiger partial charge in [-0.15, -0.1) is 5.10 Å². The Hall–Kier alpha value is -0.940. The molecule has 0 saturated heterocycles. The smallest absolute Gasteiger partial charge is 0.143 e. The molecule has 0 saturated carbocycles. The van der Waals surface area contributed by atoms with Crippen LogP contribution in [0, 0.1) is 0 Å². The molecule has 1 heterocycles. The molecule has 1 aromatic carbocycles. The monoisotopic (exact) mass is 258 g/mol. The lowest BCUT2D eigenvalue weighted by molar-refractivity contribution is 0.789. The van der Waals surface area contributed by atoms with Crippen molar-refractivity contribution in [1.82, 2.24) is 20.2 Å². The highest BCUT2D eigenvalue weighted by Gasteiger charge is 2.01. The predicted molar refractivity (Wildman–Crippen MR) is 51.9 cm³/mol. The van der Waals surface area contributed by atoms with Gasteiger partial charge in [0.2, 0.25) is 0 Å². The Morgan fingerprint density at radius 3 is 2.85 bits per heavy atom. The maximum Gasteiger partial charge on any atom is 0.143 e. The Balaban J connectivity index is 2.49. The first-order chi connectivity index (χ1) is 6.27. The Labute approximate surface area is 87.6 Å². The van der Waals surface area contributed by atoms with Crippen LogP contribution in [0.1, 0.15) is 0 Å². The van der Waals surface area contributed by atoms with Crippen LogP contribution in [0.2, 0.25) is 5.02 Å². The zero-order valence-electron chi connectivity index (χ0n) is 6.35. The molecule has 0 aliphatic rings. The van der Waals surface area contributed by atoms with Crippen LogP contribution in [0.3, 0.4) is 0 Å². The fraction of sp³-hybridized carbons (Fsp3) is 0. The summed E-state index contributed by atoms with van der Waals surface area (Å²) in [5.74, 6) is 0. The third kappa shape index (κ3) is 1.71. The first-order valence-corrected chi connectivity index (χ1v) is 4.63. The molecule has 2 rings (SSSR count). The molecule has 2 aromatic rings. The molecular weight excluding hydrogens is 255 g/mol. The number of hydrogen-bond acceptors (Lipinski definition) is 3. The normalized spacial score (nSPS) is 10.3. The van der Waals surface area contributed by atoms with Gasteiger partial charge in [-0.05, 0) is 44.6 Å². The van der Waals surface area contributed by atoms with Crippen molar-refractivity contribution in [1.29, 1.82) is 0 Å². The van der Waals surface area contributed by atoms with Crippen LogP contribution in [0.15, 0.2) is 29.0 Å². The summed E-state index contributed by atoms with van der Waals surface area (Å²) >= 11 is 9.15. The van der Waals surface area contributed by atoms with E-state index in [0.717, 1.165) is 10.2 Å². The molecule has 6 heteroatoms. The van der Waals surface area contributed by atoms with Crippen molar-refractivity contribution in [3.63, 3.8) is 0 Å². The molecule has 0 aliphatic carbocycles. The summed E-state index contributed by atoms with van der Waals surface area (Å²) in [6, 6.07) is 5.46. The van der Waals surface area contributed by atoms with Gasteiger partial charge < -0.3 is 0 Å². The van der Waals surface area contributed by atoms with E-state index >= 15 is 0 Å². The molecule has 0 amide bonds. The number of rotatable bonds is 1. The van der Waals surface area contributed by atoms with Gasteiger partial charge in [-0.1, -0.05) is 11.6 Å². The molecule has 4 nitrogen and oxygen atoms in total. The van der Waals surface area contributed by atoms with Crippen LogP contribution < -0.4 is 0 Å². The third-order valence-electron chi connectivity index (χ3n) is 1.52. The summed E-state index contributed by atoms with van der Waals surface area (Å²) in [6.45, 7) is 0. The summed E-state index contributed by atoms with van der Waals surface area (Å²) in [7, 11) is 0. The van der Waals surface area contributed by atoms with E-state index in [1.807, 2.05) is 12.1 Å². The lowest BCUT2D eigenvalue weighted by Crippen LogP contribution is -1.94. The van der Waals surface area contributed by atoms with E-state index in [4.69, 9.17) is 11.6 Å². The second kappa shape index (κ2) is 3.43. The molecule has 66 valence electrons. The number of benzene rings is 1. The van der Waals surface area contributed by atoms with E-state index in [-0.39, 0.29) is 0 Å². The van der Waals surface area contributed by atoms with Gasteiger partial charge in [0.1, 0.15) is 6.33 Å². The topological polar surface area (TPSA) is 43.6 Å². The molecule has 0 fully saturated rings. The van der Waals surface area contributed by atoms with Crippen LogP contribution in [0.5, 0.6) is 0 Å². The Morgan fingerprint density at radius 2 is 2.23 bits per heavy atom. The average Bonchev–Trinajstić information content (AvgIpc) is 2.62. The zero-order chi connectivity index (χ0) is 9.26. The minimum atomic E-state index is 0.664. The van der Waals surface area contributed by atoms with E-state index in [2.05, 4.69) is 31.5 Å². The summed E-state index contributed by atoms with van der Waals surface area (Å²) in [6.07, 6.45) is 1.52. The second-order valence-corrected chi connectivity index (χ2v) is 3.61. The predicted octanol–water partition coefficient (Wildman–Crippen LogP) is 2.08. The SMILES string of the molecule is Clc1ccc(-n2cnnn2)cc1Br. The van der Waals surface area contributed by atoms with Crippen molar-refractivity contribution >= 4 is 27.5 Å². The van der Waals surface area contributed by atoms with Crippen molar-refractivity contribution in [3.8, 4) is 5.69 Å². The number of tetrazole rings is 1. The fourth-order valence-electron chi connectivity index (χ4n) is 0.907. The minimum Gasteiger partial charge on any atom is -0.201 e. The first kappa shape index (κ1) is 8.65. The van der Waals surface area contributed by atoms with Crippen LogP contribution in [-0.4, -0.2) is 20.2 Å². The van der Waals surface area contributed by atoms with E-state index < -0.39 is 0 Å². The summed E-state index contributed by atoms with van der Waals surface area (Å²) in [5.41, 5.74) is 0.862. The maximum absolute atomic E-state index is 5.83. The minimum absolute atomic E-state index is 0.664. The third-order valence-corrected chi connectivity index (χ3v) is 2.73. The maximum atomic E-state index is 5.83. The number of nitrogens with zero attached hydrogens (tertiary/aromatic N) is 4. The van der Waals surface area contributed by atoms with Gasteiger partial charge in [0.05, 0.1) is 10.7 Å². The van der Waals surface area contributed by atoms with Gasteiger partial charge in [0.15, 0.2) is 0 Å². The van der Waals surface area contributed by atoms with Gasteiger partial charge in [-0.25, -0.2) is 4.68 Å². The van der Waals surface area contributed by atoms with Gasteiger partial charge >= 0.3 is 0 Å². The zero-order valence-corrected chi connectivity index (χ0v) is 8.70. The summed E-state index contributed by atoms with van der Waals surface area (Å²) < 4.78 is 2.38. The largest absolute Gasteiger partial charge is 0.201 e. The average molecular weight is 259 g/mol. The molecule has 0 unspecified atom stereocenters. The number of aromatic nitrogens is 4. The number of hydrogen-bond donors (Lipinski definition) is 0. The molecule has 0 N–H and O–H groups in total. The molecule has 13 heavy (non-hydrogen) atoms. The standard InChI is InChI=1S/C7H4BrClN4/c8-6-3-5(1-2-7(6)9)13-4-10-11-12-13/h1-4H. The van der Waals surface area contributed by atoms with Crippen LogP contribution >= 0.6 is 27.5 Å². The fourth-order valence-corrected chi connectivity index (χ4v) is 1.39. The lowest BCUT2D eigenvalue weighted by Gasteiger charge is -2.00. The Morgan fingerprint density at radius 1 is 1.38 bits per heavy atom. The second-order valence-electron chi connectivity index (χ2n) is 2.35. The highest BCUT2D eigenvalue weighted by molar-refractivity contribution is 9.10. The Kier molecular flexibility index (Phi) is 2.28. The van der Waals surface area contributed by atoms with Crippen molar-refractivity contribution in [2.45, 2.75) is 0 Å². The van der Waals surface area contributed by atoms with Gasteiger partial charge in [0, 0.05) is 4.47 Å². The van der Waals surface area contributed by atoms with Crippen LogP contribution in [0.4, 0.5) is 0 Å². The lowest BCUT2D eigenvalue weighted by atomic mass is 10.3. The molecule has 0 aliphatic heterocycles. The molecule has 0 bridgehead atoms. The molecule has 0 spiro atoms. The summed E-state index contributed by atoms with van der Waals surface area (Å²) in [4.78, 5) is 0. The van der Waals surface area contributed by atoms with E-state index in [1.165, 1.54) is 6.33 Å².